The predicted octanol–water partition coefficient (Wildman–Crippen LogP) is 2.18. The zero-order valence-corrected chi connectivity index (χ0v) is 9.10. The molecule has 0 aliphatic rings. The molecule has 0 amide bonds. The van der Waals surface area contributed by atoms with Crippen molar-refractivity contribution in [2.24, 2.45) is 0 Å². The second-order valence-corrected chi connectivity index (χ2v) is 3.40. The van der Waals surface area contributed by atoms with Crippen molar-refractivity contribution in [2.45, 2.75) is 13.0 Å². The number of rotatable bonds is 4. The first-order valence-corrected chi connectivity index (χ1v) is 4.72. The molecule has 1 unspecified atom stereocenters. The number of nitrogens with one attached hydrogen (secondary N) is 1. The quantitative estimate of drug-likeness (QED) is 0.831. The number of halogens is 2. The van der Waals surface area contributed by atoms with Crippen LogP contribution in [-0.2, 0) is 4.74 Å². The first kappa shape index (κ1) is 12.1. The Morgan fingerprint density at radius 3 is 2.53 bits per heavy atom. The summed E-state index contributed by atoms with van der Waals surface area (Å²) in [7, 11) is 3.20. The third-order valence-electron chi connectivity index (χ3n) is 2.36. The van der Waals surface area contributed by atoms with Gasteiger partial charge < -0.3 is 10.1 Å². The van der Waals surface area contributed by atoms with Crippen molar-refractivity contribution in [3.8, 4) is 0 Å². The normalized spacial score (nSPS) is 12.9. The highest BCUT2D eigenvalue weighted by molar-refractivity contribution is 5.27. The van der Waals surface area contributed by atoms with Crippen molar-refractivity contribution in [2.75, 3.05) is 20.8 Å². The van der Waals surface area contributed by atoms with Crippen molar-refractivity contribution < 1.29 is 13.5 Å². The summed E-state index contributed by atoms with van der Waals surface area (Å²) in [5, 5.41) is 2.88. The summed E-state index contributed by atoms with van der Waals surface area (Å²) >= 11 is 0. The standard InChI is InChI=1S/C11H15F2NO/c1-7-4-5-8(11(13)10(7)12)9(14-2)6-15-3/h4-5,9,14H,6H2,1-3H3. The number of hydrogen-bond acceptors (Lipinski definition) is 2. The fourth-order valence-corrected chi connectivity index (χ4v) is 1.43. The average molecular weight is 215 g/mol. The Morgan fingerprint density at radius 1 is 1.33 bits per heavy atom. The van der Waals surface area contributed by atoms with E-state index in [0.717, 1.165) is 0 Å². The van der Waals surface area contributed by atoms with Crippen LogP contribution in [-0.4, -0.2) is 20.8 Å². The van der Waals surface area contributed by atoms with E-state index in [2.05, 4.69) is 5.32 Å². The molecule has 1 rings (SSSR count). The van der Waals surface area contributed by atoms with Crippen molar-refractivity contribution >= 4 is 0 Å². The van der Waals surface area contributed by atoms with Crippen LogP contribution < -0.4 is 5.32 Å². The summed E-state index contributed by atoms with van der Waals surface area (Å²) in [4.78, 5) is 0. The Hall–Kier alpha value is -1.00. The maximum atomic E-state index is 13.6. The van der Waals surface area contributed by atoms with Gasteiger partial charge in [0.1, 0.15) is 0 Å². The van der Waals surface area contributed by atoms with Crippen LogP contribution in [0.15, 0.2) is 12.1 Å². The maximum absolute atomic E-state index is 13.6. The zero-order chi connectivity index (χ0) is 11.4. The summed E-state index contributed by atoms with van der Waals surface area (Å²) < 4.78 is 31.8. The van der Waals surface area contributed by atoms with E-state index in [1.54, 1.807) is 19.2 Å². The summed E-state index contributed by atoms with van der Waals surface area (Å²) in [6, 6.07) is 2.81. The largest absolute Gasteiger partial charge is 0.383 e. The van der Waals surface area contributed by atoms with Gasteiger partial charge in [0, 0.05) is 12.7 Å². The molecule has 0 aliphatic heterocycles. The van der Waals surface area contributed by atoms with Crippen LogP contribution in [0.25, 0.3) is 0 Å². The molecule has 4 heteroatoms. The third kappa shape index (κ3) is 2.52. The first-order chi connectivity index (χ1) is 7.11. The van der Waals surface area contributed by atoms with Crippen molar-refractivity contribution in [1.82, 2.24) is 5.32 Å². The van der Waals surface area contributed by atoms with E-state index in [9.17, 15) is 8.78 Å². The van der Waals surface area contributed by atoms with E-state index >= 15 is 0 Å². The molecule has 0 spiro atoms. The van der Waals surface area contributed by atoms with Crippen LogP contribution in [0.5, 0.6) is 0 Å². The lowest BCUT2D eigenvalue weighted by Gasteiger charge is -2.17. The molecule has 0 aromatic heterocycles. The van der Waals surface area contributed by atoms with Gasteiger partial charge in [-0.1, -0.05) is 12.1 Å². The first-order valence-electron chi connectivity index (χ1n) is 4.72. The van der Waals surface area contributed by atoms with Gasteiger partial charge in [-0.05, 0) is 19.5 Å². The molecule has 0 saturated heterocycles. The Morgan fingerprint density at radius 2 is 2.00 bits per heavy atom. The van der Waals surface area contributed by atoms with Gasteiger partial charge in [0.2, 0.25) is 0 Å². The minimum absolute atomic E-state index is 0.294. The third-order valence-corrected chi connectivity index (χ3v) is 2.36. The van der Waals surface area contributed by atoms with E-state index < -0.39 is 11.6 Å². The van der Waals surface area contributed by atoms with Gasteiger partial charge in [-0.3, -0.25) is 0 Å². The molecule has 15 heavy (non-hydrogen) atoms. The van der Waals surface area contributed by atoms with Crippen LogP contribution in [0.3, 0.4) is 0 Å². The molecule has 0 heterocycles. The van der Waals surface area contributed by atoms with Crippen LogP contribution in [0.1, 0.15) is 17.2 Å². The SMILES string of the molecule is CNC(COC)c1ccc(C)c(F)c1F. The highest BCUT2D eigenvalue weighted by atomic mass is 19.2. The van der Waals surface area contributed by atoms with E-state index in [4.69, 9.17) is 4.74 Å². The Labute approximate surface area is 88.3 Å². The molecule has 0 bridgehead atoms. The zero-order valence-electron chi connectivity index (χ0n) is 9.10. The number of likely N-dealkylation sites (N-methyl/N-ethyl adjacent to an activating group) is 1. The minimum Gasteiger partial charge on any atom is -0.383 e. The summed E-state index contributed by atoms with van der Waals surface area (Å²) in [6.07, 6.45) is 0. The molecular weight excluding hydrogens is 200 g/mol. The summed E-state index contributed by atoms with van der Waals surface area (Å²) in [6.45, 7) is 1.84. The number of hydrogen-bond donors (Lipinski definition) is 1. The van der Waals surface area contributed by atoms with E-state index in [1.807, 2.05) is 0 Å². The van der Waals surface area contributed by atoms with Gasteiger partial charge in [0.05, 0.1) is 12.6 Å². The monoisotopic (exact) mass is 215 g/mol. The molecule has 1 aromatic carbocycles. The van der Waals surface area contributed by atoms with Crippen molar-refractivity contribution in [3.63, 3.8) is 0 Å². The molecular formula is C11H15F2NO. The Bertz CT molecular complexity index is 342. The molecule has 1 N–H and O–H groups in total. The summed E-state index contributed by atoms with van der Waals surface area (Å²) in [5.41, 5.74) is 0.603. The fraction of sp³-hybridized carbons (Fsp3) is 0.455. The smallest absolute Gasteiger partial charge is 0.163 e. The summed E-state index contributed by atoms with van der Waals surface area (Å²) in [5.74, 6) is -1.59. The average Bonchev–Trinajstić information content (AvgIpc) is 2.24. The molecule has 84 valence electrons. The lowest BCUT2D eigenvalue weighted by molar-refractivity contribution is 0.168. The van der Waals surface area contributed by atoms with Gasteiger partial charge in [-0.25, -0.2) is 8.78 Å². The van der Waals surface area contributed by atoms with Gasteiger partial charge in [-0.2, -0.15) is 0 Å². The second kappa shape index (κ2) is 5.19. The molecule has 0 radical (unpaired) electrons. The van der Waals surface area contributed by atoms with Gasteiger partial charge >= 0.3 is 0 Å². The minimum atomic E-state index is -0.800. The van der Waals surface area contributed by atoms with Crippen molar-refractivity contribution in [3.05, 3.63) is 34.9 Å². The molecule has 0 fully saturated rings. The topological polar surface area (TPSA) is 21.3 Å². The maximum Gasteiger partial charge on any atom is 0.163 e. The van der Waals surface area contributed by atoms with Gasteiger partial charge in [0.25, 0.3) is 0 Å². The molecule has 0 aliphatic carbocycles. The predicted molar refractivity (Wildman–Crippen MR) is 54.8 cm³/mol. The molecule has 0 saturated carbocycles. The van der Waals surface area contributed by atoms with Crippen LogP contribution in [0.2, 0.25) is 0 Å². The highest BCUT2D eigenvalue weighted by Crippen LogP contribution is 2.21. The number of benzene rings is 1. The van der Waals surface area contributed by atoms with Crippen LogP contribution in [0, 0.1) is 18.6 Å². The highest BCUT2D eigenvalue weighted by Gasteiger charge is 2.17. The lowest BCUT2D eigenvalue weighted by Crippen LogP contribution is -2.22. The number of methoxy groups -OCH3 is 1. The second-order valence-electron chi connectivity index (χ2n) is 3.40. The lowest BCUT2D eigenvalue weighted by atomic mass is 10.0. The molecule has 1 aromatic rings. The Balaban J connectivity index is 3.07. The van der Waals surface area contributed by atoms with Gasteiger partial charge in [-0.15, -0.1) is 0 Å². The van der Waals surface area contributed by atoms with E-state index in [1.165, 1.54) is 14.0 Å². The number of aryl methyl sites for hydroxylation is 1. The van der Waals surface area contributed by atoms with Crippen molar-refractivity contribution in [1.29, 1.82) is 0 Å². The Kier molecular flexibility index (Phi) is 4.17. The van der Waals surface area contributed by atoms with Crippen LogP contribution in [0.4, 0.5) is 8.78 Å². The molecule has 1 atom stereocenters. The molecule has 2 nitrogen and oxygen atoms in total. The fourth-order valence-electron chi connectivity index (χ4n) is 1.43. The number of ether oxygens (including phenoxy) is 1. The van der Waals surface area contributed by atoms with Crippen LogP contribution >= 0.6 is 0 Å². The van der Waals surface area contributed by atoms with E-state index in [-0.39, 0.29) is 6.04 Å². The van der Waals surface area contributed by atoms with Gasteiger partial charge in [0.15, 0.2) is 11.6 Å². The van der Waals surface area contributed by atoms with E-state index in [0.29, 0.717) is 17.7 Å².